The molecule has 2 aliphatic rings. The van der Waals surface area contributed by atoms with Crippen molar-refractivity contribution in [3.63, 3.8) is 0 Å². The average Bonchev–Trinajstić information content (AvgIpc) is 2.94. The Morgan fingerprint density at radius 2 is 2.00 bits per heavy atom. The normalized spacial score (nSPS) is 22.4. The number of ether oxygens (including phenoxy) is 2. The molecule has 2 aromatic rings. The van der Waals surface area contributed by atoms with E-state index in [2.05, 4.69) is 16.0 Å². The molecular weight excluding hydrogens is 290 g/mol. The van der Waals surface area contributed by atoms with E-state index in [0.717, 1.165) is 36.5 Å². The van der Waals surface area contributed by atoms with Gasteiger partial charge in [0.25, 0.3) is 0 Å². The van der Waals surface area contributed by atoms with Gasteiger partial charge in [-0.25, -0.2) is 15.0 Å². The molecule has 1 aromatic carbocycles. The molecule has 0 fully saturated rings. The van der Waals surface area contributed by atoms with Crippen molar-refractivity contribution in [2.75, 3.05) is 13.7 Å². The zero-order valence-corrected chi connectivity index (χ0v) is 13.4. The monoisotopic (exact) mass is 309 g/mol. The van der Waals surface area contributed by atoms with Crippen LogP contribution in [-0.2, 0) is 17.6 Å². The Morgan fingerprint density at radius 1 is 1.17 bits per heavy atom. The van der Waals surface area contributed by atoms with E-state index in [1.807, 2.05) is 25.4 Å². The summed E-state index contributed by atoms with van der Waals surface area (Å²) in [7, 11) is 1.72. The van der Waals surface area contributed by atoms with E-state index in [9.17, 15) is 0 Å². The summed E-state index contributed by atoms with van der Waals surface area (Å²) in [6.07, 6.45) is 8.08. The van der Waals surface area contributed by atoms with Gasteiger partial charge in [-0.2, -0.15) is 0 Å². The minimum Gasteiger partial charge on any atom is -0.496 e. The number of aromatic nitrogens is 2. The molecule has 5 nitrogen and oxygen atoms in total. The summed E-state index contributed by atoms with van der Waals surface area (Å²) in [4.78, 5) is 13.1. The summed E-state index contributed by atoms with van der Waals surface area (Å²) < 4.78 is 11.3. The molecule has 118 valence electrons. The number of methoxy groups -OCH3 is 1. The lowest BCUT2D eigenvalue weighted by molar-refractivity contribution is 0.234. The van der Waals surface area contributed by atoms with Gasteiger partial charge in [-0.3, -0.25) is 0 Å². The maximum absolute atomic E-state index is 5.64. The van der Waals surface area contributed by atoms with Gasteiger partial charge in [-0.15, -0.1) is 0 Å². The highest BCUT2D eigenvalue weighted by Gasteiger charge is 2.40. The first-order valence-electron chi connectivity index (χ1n) is 7.84. The summed E-state index contributed by atoms with van der Waals surface area (Å²) in [6.45, 7) is 2.60. The van der Waals surface area contributed by atoms with Crippen LogP contribution in [0.3, 0.4) is 0 Å². The van der Waals surface area contributed by atoms with E-state index in [1.165, 1.54) is 16.7 Å². The molecule has 0 radical (unpaired) electrons. The molecule has 1 aliphatic heterocycles. The molecule has 1 unspecified atom stereocenters. The third-order valence-corrected chi connectivity index (χ3v) is 4.77. The number of rotatable bonds is 2. The Bertz CT molecular complexity index is 773. The second kappa shape index (κ2) is 5.33. The second-order valence-corrected chi connectivity index (χ2v) is 6.22. The Hall–Kier alpha value is -2.43. The van der Waals surface area contributed by atoms with Gasteiger partial charge in [-0.1, -0.05) is 6.07 Å². The largest absolute Gasteiger partial charge is 0.496 e. The van der Waals surface area contributed by atoms with Crippen LogP contribution in [0.1, 0.15) is 24.5 Å². The summed E-state index contributed by atoms with van der Waals surface area (Å²) in [5, 5.41) is 0. The van der Waals surface area contributed by atoms with E-state index < -0.39 is 0 Å². The zero-order chi connectivity index (χ0) is 15.9. The van der Waals surface area contributed by atoms with Crippen molar-refractivity contribution < 1.29 is 9.47 Å². The fourth-order valence-corrected chi connectivity index (χ4v) is 3.68. The van der Waals surface area contributed by atoms with Gasteiger partial charge in [0.1, 0.15) is 24.2 Å². The van der Waals surface area contributed by atoms with E-state index in [0.29, 0.717) is 6.61 Å². The maximum atomic E-state index is 5.64. The molecule has 1 aliphatic carbocycles. The Labute approximate surface area is 135 Å². The van der Waals surface area contributed by atoms with Gasteiger partial charge >= 0.3 is 0 Å². The second-order valence-electron chi connectivity index (χ2n) is 6.22. The summed E-state index contributed by atoms with van der Waals surface area (Å²) in [5.41, 5.74) is 4.67. The molecule has 0 amide bonds. The third-order valence-electron chi connectivity index (χ3n) is 4.77. The number of benzene rings is 1. The van der Waals surface area contributed by atoms with Crippen molar-refractivity contribution >= 4 is 5.90 Å². The first kappa shape index (κ1) is 14.2. The van der Waals surface area contributed by atoms with E-state index in [1.54, 1.807) is 13.4 Å². The molecule has 1 atom stereocenters. The lowest BCUT2D eigenvalue weighted by Crippen LogP contribution is -2.36. The van der Waals surface area contributed by atoms with E-state index >= 15 is 0 Å². The predicted octanol–water partition coefficient (Wildman–Crippen LogP) is 2.83. The van der Waals surface area contributed by atoms with Gasteiger partial charge < -0.3 is 9.47 Å². The van der Waals surface area contributed by atoms with Gasteiger partial charge in [0.15, 0.2) is 5.90 Å². The van der Waals surface area contributed by atoms with Gasteiger partial charge in [0, 0.05) is 36.9 Å². The first-order chi connectivity index (χ1) is 11.2. The van der Waals surface area contributed by atoms with Crippen molar-refractivity contribution in [1.29, 1.82) is 0 Å². The number of hydrogen-bond acceptors (Lipinski definition) is 5. The van der Waals surface area contributed by atoms with Crippen LogP contribution < -0.4 is 4.74 Å². The van der Waals surface area contributed by atoms with Crippen LogP contribution in [0.15, 0.2) is 35.8 Å². The molecular formula is C18H19N3O2. The SMILES string of the molecule is COc1ccc(-c2cncnc2)c2c1CC1(CC2)COC(C)=N1. The van der Waals surface area contributed by atoms with Crippen molar-refractivity contribution in [3.8, 4) is 16.9 Å². The van der Waals surface area contributed by atoms with E-state index in [4.69, 9.17) is 14.5 Å². The highest BCUT2D eigenvalue weighted by atomic mass is 16.5. The van der Waals surface area contributed by atoms with Gasteiger partial charge in [0.05, 0.1) is 7.11 Å². The van der Waals surface area contributed by atoms with E-state index in [-0.39, 0.29) is 5.54 Å². The molecule has 23 heavy (non-hydrogen) atoms. The standard InChI is InChI=1S/C18H19N3O2/c1-12-21-18(10-23-12)6-5-15-14(13-8-19-11-20-9-13)3-4-17(22-2)16(15)7-18/h3-4,8-9,11H,5-7,10H2,1-2H3. The number of fused-ring (bicyclic) bond motifs is 1. The highest BCUT2D eigenvalue weighted by molar-refractivity contribution is 5.76. The number of nitrogens with zero attached hydrogens (tertiary/aromatic N) is 3. The maximum Gasteiger partial charge on any atom is 0.180 e. The third kappa shape index (κ3) is 2.36. The highest BCUT2D eigenvalue weighted by Crippen LogP contribution is 2.42. The molecule has 5 heteroatoms. The quantitative estimate of drug-likeness (QED) is 0.856. The lowest BCUT2D eigenvalue weighted by Gasteiger charge is -2.32. The van der Waals surface area contributed by atoms with Crippen LogP contribution in [0.25, 0.3) is 11.1 Å². The van der Waals surface area contributed by atoms with Crippen LogP contribution >= 0.6 is 0 Å². The number of hydrogen-bond donors (Lipinski definition) is 0. The molecule has 0 saturated carbocycles. The summed E-state index contributed by atoms with van der Waals surface area (Å²) in [5.74, 6) is 1.72. The van der Waals surface area contributed by atoms with Crippen molar-refractivity contribution in [3.05, 3.63) is 42.0 Å². The Morgan fingerprint density at radius 3 is 2.70 bits per heavy atom. The van der Waals surface area contributed by atoms with Gasteiger partial charge in [-0.05, 0) is 30.0 Å². The molecule has 1 spiro atoms. The molecule has 1 aromatic heterocycles. The van der Waals surface area contributed by atoms with Crippen LogP contribution in [-0.4, -0.2) is 35.1 Å². The van der Waals surface area contributed by atoms with Crippen LogP contribution in [0.4, 0.5) is 0 Å². The molecule has 0 N–H and O–H groups in total. The number of aliphatic imine (C=N–C) groups is 1. The van der Waals surface area contributed by atoms with Crippen molar-refractivity contribution in [2.45, 2.75) is 31.7 Å². The molecule has 0 saturated heterocycles. The molecule has 2 heterocycles. The van der Waals surface area contributed by atoms with Crippen LogP contribution in [0.5, 0.6) is 5.75 Å². The minimum atomic E-state index is -0.129. The Balaban J connectivity index is 1.82. The topological polar surface area (TPSA) is 56.6 Å². The van der Waals surface area contributed by atoms with Gasteiger partial charge in [0.2, 0.25) is 0 Å². The summed E-state index contributed by atoms with van der Waals surface area (Å²) >= 11 is 0. The molecule has 4 rings (SSSR count). The predicted molar refractivity (Wildman–Crippen MR) is 87.8 cm³/mol. The fourth-order valence-electron chi connectivity index (χ4n) is 3.68. The lowest BCUT2D eigenvalue weighted by atomic mass is 9.76. The van der Waals surface area contributed by atoms with Crippen molar-refractivity contribution in [2.24, 2.45) is 4.99 Å². The fraction of sp³-hybridized carbons (Fsp3) is 0.389. The Kier molecular flexibility index (Phi) is 3.29. The van der Waals surface area contributed by atoms with Crippen LogP contribution in [0, 0.1) is 0 Å². The van der Waals surface area contributed by atoms with Crippen molar-refractivity contribution in [1.82, 2.24) is 9.97 Å². The first-order valence-corrected chi connectivity index (χ1v) is 7.84. The van der Waals surface area contributed by atoms with Crippen LogP contribution in [0.2, 0.25) is 0 Å². The summed E-state index contributed by atoms with van der Waals surface area (Å²) in [6, 6.07) is 4.14. The molecule has 0 bridgehead atoms. The average molecular weight is 309 g/mol. The minimum absolute atomic E-state index is 0.129. The zero-order valence-electron chi connectivity index (χ0n) is 13.4. The smallest absolute Gasteiger partial charge is 0.180 e.